The van der Waals surface area contributed by atoms with Crippen molar-refractivity contribution in [1.82, 2.24) is 30.1 Å². The highest BCUT2D eigenvalue weighted by Gasteiger charge is 2.47. The summed E-state index contributed by atoms with van der Waals surface area (Å²) in [7, 11) is 0. The monoisotopic (exact) mass is 585 g/mol. The van der Waals surface area contributed by atoms with Gasteiger partial charge in [0.25, 0.3) is 5.89 Å². The quantitative estimate of drug-likeness (QED) is 0.275. The Morgan fingerprint density at radius 2 is 1.81 bits per heavy atom. The van der Waals surface area contributed by atoms with E-state index in [1.165, 1.54) is 22.9 Å². The smallest absolute Gasteiger partial charge is 0.410 e. The molecule has 2 bridgehead atoms. The molecule has 0 spiro atoms. The maximum Gasteiger partial charge on any atom is 0.410 e. The lowest BCUT2D eigenvalue weighted by Crippen LogP contribution is -2.50. The first-order chi connectivity index (χ1) is 19.9. The van der Waals surface area contributed by atoms with E-state index >= 15 is 0 Å². The number of ether oxygens (including phenoxy) is 1. The Morgan fingerprint density at radius 1 is 1.02 bits per heavy atom. The first kappa shape index (κ1) is 27.7. The summed E-state index contributed by atoms with van der Waals surface area (Å²) in [5, 5.41) is 15.1. The molecule has 2 aromatic heterocycles. The Labute approximate surface area is 237 Å². The zero-order chi connectivity index (χ0) is 29.8. The summed E-state index contributed by atoms with van der Waals surface area (Å²) in [6.07, 6.45) is -0.933. The molecule has 0 N–H and O–H groups in total. The van der Waals surface area contributed by atoms with E-state index in [4.69, 9.17) is 9.15 Å². The zero-order valence-corrected chi connectivity index (χ0v) is 23.0. The van der Waals surface area contributed by atoms with Crippen molar-refractivity contribution in [2.45, 2.75) is 57.8 Å². The van der Waals surface area contributed by atoms with Crippen molar-refractivity contribution < 1.29 is 31.5 Å². The van der Waals surface area contributed by atoms with Crippen LogP contribution in [-0.2, 0) is 11.3 Å². The molecule has 14 heteroatoms. The van der Waals surface area contributed by atoms with Crippen molar-refractivity contribution in [1.29, 1.82) is 0 Å². The van der Waals surface area contributed by atoms with E-state index < -0.39 is 23.7 Å². The van der Waals surface area contributed by atoms with E-state index in [2.05, 4.69) is 20.5 Å². The number of alkyl halides is 2. The third-order valence-corrected chi connectivity index (χ3v) is 7.22. The molecule has 0 saturated carbocycles. The molecule has 4 aromatic rings. The fraction of sp³-hybridized carbons (Fsp3) is 0.393. The molecular weight excluding hydrogens is 558 g/mol. The molecule has 6 rings (SSSR count). The summed E-state index contributed by atoms with van der Waals surface area (Å²) in [6, 6.07) is 8.64. The lowest BCUT2D eigenvalue weighted by Gasteiger charge is -2.36. The van der Waals surface area contributed by atoms with Crippen LogP contribution >= 0.6 is 0 Å². The highest BCUT2D eigenvalue weighted by Crippen LogP contribution is 2.38. The lowest BCUT2D eigenvalue weighted by atomic mass is 10.1. The molecule has 1 amide bonds. The summed E-state index contributed by atoms with van der Waals surface area (Å²) in [5.74, 6) is -2.05. The van der Waals surface area contributed by atoms with E-state index in [1.54, 1.807) is 23.2 Å². The predicted octanol–water partition coefficient (Wildman–Crippen LogP) is 5.46. The van der Waals surface area contributed by atoms with Crippen molar-refractivity contribution in [3.05, 3.63) is 65.7 Å². The number of aromatic nitrogens is 5. The predicted molar refractivity (Wildman–Crippen MR) is 142 cm³/mol. The van der Waals surface area contributed by atoms with Crippen LogP contribution in [0.2, 0.25) is 0 Å². The number of carbonyl (C=O) groups excluding carboxylic acids is 1. The second kappa shape index (κ2) is 10.4. The number of benzene rings is 2. The largest absolute Gasteiger partial charge is 0.444 e. The highest BCUT2D eigenvalue weighted by atomic mass is 19.3. The standard InChI is InChI=1S/C28H27F4N7O3/c1-28(2,3)42-27(40)39-13-18-10-19(39)12-38(18)23-9-15(6-7-20(23)29)22-14-37(36-33-22)11-17-5-4-16(8-21(17)30)25-34-35-26(41-25)24(31)32/h4-9,14,18-19,24H,10-13H2,1-3H3. The van der Waals surface area contributed by atoms with Crippen molar-refractivity contribution in [2.24, 2.45) is 0 Å². The molecule has 0 aliphatic carbocycles. The van der Waals surface area contributed by atoms with Crippen LogP contribution in [0.15, 0.2) is 47.0 Å². The van der Waals surface area contributed by atoms with Crippen molar-refractivity contribution in [3.63, 3.8) is 0 Å². The van der Waals surface area contributed by atoms with Crippen LogP contribution in [-0.4, -0.2) is 67.0 Å². The van der Waals surface area contributed by atoms with E-state index in [0.717, 1.165) is 12.5 Å². The van der Waals surface area contributed by atoms with Crippen LogP contribution in [0, 0.1) is 11.6 Å². The second-order valence-corrected chi connectivity index (χ2v) is 11.3. The number of halogens is 4. The Morgan fingerprint density at radius 3 is 2.48 bits per heavy atom. The van der Waals surface area contributed by atoms with Gasteiger partial charge in [-0.1, -0.05) is 11.3 Å². The normalized spacial score (nSPS) is 18.4. The average molecular weight is 586 g/mol. The lowest BCUT2D eigenvalue weighted by molar-refractivity contribution is 0.0214. The molecule has 2 aliphatic heterocycles. The molecule has 2 saturated heterocycles. The van der Waals surface area contributed by atoms with Crippen LogP contribution in [0.25, 0.3) is 22.7 Å². The molecule has 220 valence electrons. The number of amides is 1. The Kier molecular flexibility index (Phi) is 6.86. The van der Waals surface area contributed by atoms with Gasteiger partial charge in [0, 0.05) is 35.8 Å². The van der Waals surface area contributed by atoms with Crippen molar-refractivity contribution in [2.75, 3.05) is 18.0 Å². The number of anilines is 1. The topological polar surface area (TPSA) is 102 Å². The van der Waals surface area contributed by atoms with Crippen LogP contribution in [0.3, 0.4) is 0 Å². The Bertz CT molecular complexity index is 1630. The first-order valence-corrected chi connectivity index (χ1v) is 13.3. The molecular formula is C28H27F4N7O3. The average Bonchev–Trinajstić information content (AvgIpc) is 3.73. The van der Waals surface area contributed by atoms with Gasteiger partial charge in [0.1, 0.15) is 22.9 Å². The summed E-state index contributed by atoms with van der Waals surface area (Å²) in [4.78, 5) is 16.3. The number of hydrogen-bond acceptors (Lipinski definition) is 8. The molecule has 10 nitrogen and oxygen atoms in total. The van der Waals surface area contributed by atoms with Gasteiger partial charge in [0.05, 0.1) is 24.5 Å². The van der Waals surface area contributed by atoms with E-state index in [0.29, 0.717) is 30.0 Å². The van der Waals surface area contributed by atoms with Gasteiger partial charge in [-0.3, -0.25) is 0 Å². The van der Waals surface area contributed by atoms with Crippen molar-refractivity contribution >= 4 is 11.8 Å². The summed E-state index contributed by atoms with van der Waals surface area (Å²) < 4.78 is 67.1. The molecule has 0 radical (unpaired) electrons. The van der Waals surface area contributed by atoms with E-state index in [1.807, 2.05) is 25.7 Å². The Hall–Kier alpha value is -4.49. The number of carbonyl (C=O) groups is 1. The highest BCUT2D eigenvalue weighted by molar-refractivity contribution is 5.71. The minimum absolute atomic E-state index is 0.0374. The molecule has 2 fully saturated rings. The molecule has 2 unspecified atom stereocenters. The van der Waals surface area contributed by atoms with Gasteiger partial charge in [-0.05, 0) is 57.5 Å². The number of nitrogens with zero attached hydrogens (tertiary/aromatic N) is 7. The fourth-order valence-corrected chi connectivity index (χ4v) is 5.33. The maximum atomic E-state index is 15.0. The van der Waals surface area contributed by atoms with E-state index in [9.17, 15) is 22.4 Å². The molecule has 2 aromatic carbocycles. The molecule has 2 atom stereocenters. The van der Waals surface area contributed by atoms with Gasteiger partial charge in [0.2, 0.25) is 5.89 Å². The fourth-order valence-electron chi connectivity index (χ4n) is 5.33. The van der Waals surface area contributed by atoms with Gasteiger partial charge >= 0.3 is 12.5 Å². The summed E-state index contributed by atoms with van der Waals surface area (Å²) >= 11 is 0. The van der Waals surface area contributed by atoms with Gasteiger partial charge in [-0.25, -0.2) is 18.3 Å². The van der Waals surface area contributed by atoms with Crippen LogP contribution in [0.1, 0.15) is 45.1 Å². The van der Waals surface area contributed by atoms with E-state index in [-0.39, 0.29) is 47.6 Å². The zero-order valence-electron chi connectivity index (χ0n) is 23.0. The second-order valence-electron chi connectivity index (χ2n) is 11.3. The minimum Gasteiger partial charge on any atom is -0.444 e. The number of rotatable bonds is 6. The number of piperazine rings is 1. The van der Waals surface area contributed by atoms with Crippen LogP contribution in [0.5, 0.6) is 0 Å². The molecule has 4 heterocycles. The van der Waals surface area contributed by atoms with Crippen LogP contribution < -0.4 is 4.90 Å². The number of fused-ring (bicyclic) bond motifs is 2. The van der Waals surface area contributed by atoms with Gasteiger partial charge < -0.3 is 19.0 Å². The Balaban J connectivity index is 1.15. The maximum absolute atomic E-state index is 15.0. The number of hydrogen-bond donors (Lipinski definition) is 0. The first-order valence-electron chi connectivity index (χ1n) is 13.3. The van der Waals surface area contributed by atoms with Gasteiger partial charge in [-0.15, -0.1) is 15.3 Å². The summed E-state index contributed by atoms with van der Waals surface area (Å²) in [6.45, 7) is 6.43. The van der Waals surface area contributed by atoms with Crippen LogP contribution in [0.4, 0.5) is 28.0 Å². The van der Waals surface area contributed by atoms with Gasteiger partial charge in [-0.2, -0.15) is 8.78 Å². The SMILES string of the molecule is CC(C)(C)OC(=O)N1CC2CC1CN2c1cc(-c2cn(Cc3ccc(-c4nnc(C(F)F)o4)cc3F)nn2)ccc1F. The third-order valence-electron chi connectivity index (χ3n) is 7.22. The molecule has 42 heavy (non-hydrogen) atoms. The van der Waals surface area contributed by atoms with Gasteiger partial charge in [0.15, 0.2) is 0 Å². The minimum atomic E-state index is -2.92. The number of likely N-dealkylation sites (tertiary alicyclic amines) is 1. The molecule has 2 aliphatic rings. The summed E-state index contributed by atoms with van der Waals surface area (Å²) in [5.41, 5.74) is 1.36. The third kappa shape index (κ3) is 5.40. The van der Waals surface area contributed by atoms with Crippen molar-refractivity contribution in [3.8, 4) is 22.7 Å².